The first-order valence-corrected chi connectivity index (χ1v) is 7.52. The Bertz CT molecular complexity index is 695. The summed E-state index contributed by atoms with van der Waals surface area (Å²) in [6.07, 6.45) is 7.77. The van der Waals surface area contributed by atoms with Crippen molar-refractivity contribution >= 4 is 11.4 Å². The highest BCUT2D eigenvalue weighted by atomic mass is 16.2. The number of aromatic nitrogens is 3. The van der Waals surface area contributed by atoms with Crippen molar-refractivity contribution in [3.05, 3.63) is 35.0 Å². The summed E-state index contributed by atoms with van der Waals surface area (Å²) < 4.78 is 2.96. The average molecular weight is 288 g/mol. The number of fused-ring (bicyclic) bond motifs is 1. The molecule has 21 heavy (non-hydrogen) atoms. The van der Waals surface area contributed by atoms with Gasteiger partial charge in [-0.25, -0.2) is 4.68 Å². The van der Waals surface area contributed by atoms with Gasteiger partial charge in [-0.3, -0.25) is 9.59 Å². The van der Waals surface area contributed by atoms with Crippen LogP contribution in [0.15, 0.2) is 29.5 Å². The first kappa shape index (κ1) is 13.9. The molecule has 0 N–H and O–H groups in total. The molecular formula is C15H20N4O2. The molecule has 0 aliphatic carbocycles. The molecule has 1 atom stereocenters. The third kappa shape index (κ3) is 2.57. The molecule has 0 bridgehead atoms. The van der Waals surface area contributed by atoms with Crippen molar-refractivity contribution in [2.24, 2.45) is 0 Å². The lowest BCUT2D eigenvalue weighted by Crippen LogP contribution is -2.40. The summed E-state index contributed by atoms with van der Waals surface area (Å²) in [6.45, 7) is 3.32. The van der Waals surface area contributed by atoms with Crippen LogP contribution in [0.3, 0.4) is 0 Å². The summed E-state index contributed by atoms with van der Waals surface area (Å²) in [6, 6.07) is 2.98. The van der Waals surface area contributed by atoms with Gasteiger partial charge in [0.25, 0.3) is 5.56 Å². The number of rotatable bonds is 2. The molecule has 1 unspecified atom stereocenters. The summed E-state index contributed by atoms with van der Waals surface area (Å²) >= 11 is 0. The number of amides is 1. The zero-order valence-corrected chi connectivity index (χ0v) is 12.2. The van der Waals surface area contributed by atoms with Crippen LogP contribution in [-0.2, 0) is 4.79 Å². The molecule has 6 heteroatoms. The van der Waals surface area contributed by atoms with Gasteiger partial charge >= 0.3 is 0 Å². The molecular weight excluding hydrogens is 268 g/mol. The molecule has 3 rings (SSSR count). The van der Waals surface area contributed by atoms with Crippen LogP contribution in [0.25, 0.3) is 5.52 Å². The molecule has 0 saturated carbocycles. The van der Waals surface area contributed by atoms with Gasteiger partial charge in [0, 0.05) is 19.3 Å². The number of hydrogen-bond donors (Lipinski definition) is 0. The highest BCUT2D eigenvalue weighted by molar-refractivity contribution is 5.80. The predicted octanol–water partition coefficient (Wildman–Crippen LogP) is 1.46. The summed E-state index contributed by atoms with van der Waals surface area (Å²) in [4.78, 5) is 26.9. The maximum Gasteiger partial charge on any atom is 0.291 e. The monoisotopic (exact) mass is 288 g/mol. The molecule has 1 fully saturated rings. The quantitative estimate of drug-likeness (QED) is 0.840. The SMILES string of the molecule is CC(C(=O)N1CCCCCC1)n1ncn2cccc2c1=O. The number of nitrogens with zero attached hydrogens (tertiary/aromatic N) is 4. The molecule has 112 valence electrons. The molecule has 0 radical (unpaired) electrons. The van der Waals surface area contributed by atoms with Crippen molar-refractivity contribution in [1.29, 1.82) is 0 Å². The van der Waals surface area contributed by atoms with Crippen LogP contribution >= 0.6 is 0 Å². The van der Waals surface area contributed by atoms with E-state index in [2.05, 4.69) is 5.10 Å². The van der Waals surface area contributed by atoms with Gasteiger partial charge in [0.2, 0.25) is 5.91 Å². The highest BCUT2D eigenvalue weighted by Crippen LogP contribution is 2.14. The van der Waals surface area contributed by atoms with E-state index in [0.717, 1.165) is 25.9 Å². The smallest absolute Gasteiger partial charge is 0.291 e. The number of likely N-dealkylation sites (tertiary alicyclic amines) is 1. The topological polar surface area (TPSA) is 59.6 Å². The number of carbonyl (C=O) groups excluding carboxylic acids is 1. The lowest BCUT2D eigenvalue weighted by molar-refractivity contribution is -0.134. The van der Waals surface area contributed by atoms with Crippen molar-refractivity contribution in [1.82, 2.24) is 19.1 Å². The molecule has 0 spiro atoms. The van der Waals surface area contributed by atoms with Crippen LogP contribution in [0.2, 0.25) is 0 Å². The van der Waals surface area contributed by atoms with Crippen molar-refractivity contribution in [2.45, 2.75) is 38.6 Å². The molecule has 1 amide bonds. The van der Waals surface area contributed by atoms with Crippen LogP contribution in [0.1, 0.15) is 38.6 Å². The zero-order chi connectivity index (χ0) is 14.8. The fraction of sp³-hybridized carbons (Fsp3) is 0.533. The van der Waals surface area contributed by atoms with Gasteiger partial charge < -0.3 is 9.30 Å². The van der Waals surface area contributed by atoms with E-state index in [1.54, 1.807) is 36.0 Å². The van der Waals surface area contributed by atoms with Gasteiger partial charge in [-0.1, -0.05) is 12.8 Å². The minimum absolute atomic E-state index is 0.0117. The molecule has 2 aromatic rings. The maximum absolute atomic E-state index is 12.6. The zero-order valence-electron chi connectivity index (χ0n) is 12.2. The first-order chi connectivity index (χ1) is 10.2. The van der Waals surface area contributed by atoms with Gasteiger partial charge in [-0.15, -0.1) is 0 Å². The summed E-state index contributed by atoms with van der Waals surface area (Å²) in [5.74, 6) is -0.0117. The summed E-state index contributed by atoms with van der Waals surface area (Å²) in [5.41, 5.74) is 0.318. The molecule has 1 aliphatic rings. The van der Waals surface area contributed by atoms with Crippen LogP contribution < -0.4 is 5.56 Å². The molecule has 0 aromatic carbocycles. The average Bonchev–Trinajstić information content (AvgIpc) is 2.81. The van der Waals surface area contributed by atoms with E-state index < -0.39 is 6.04 Å². The van der Waals surface area contributed by atoms with Gasteiger partial charge in [-0.2, -0.15) is 5.10 Å². The highest BCUT2D eigenvalue weighted by Gasteiger charge is 2.24. The Labute approximate surface area is 123 Å². The van der Waals surface area contributed by atoms with E-state index in [4.69, 9.17) is 0 Å². The Balaban J connectivity index is 1.88. The van der Waals surface area contributed by atoms with Gasteiger partial charge in [0.05, 0.1) is 0 Å². The predicted molar refractivity (Wildman–Crippen MR) is 79.2 cm³/mol. The fourth-order valence-corrected chi connectivity index (χ4v) is 2.89. The molecule has 1 saturated heterocycles. The second-order valence-corrected chi connectivity index (χ2v) is 5.60. The van der Waals surface area contributed by atoms with Crippen molar-refractivity contribution in [3.63, 3.8) is 0 Å². The largest absolute Gasteiger partial charge is 0.341 e. The van der Waals surface area contributed by atoms with Crippen LogP contribution in [0, 0.1) is 0 Å². The third-order valence-electron chi connectivity index (χ3n) is 4.15. The number of hydrogen-bond acceptors (Lipinski definition) is 3. The van der Waals surface area contributed by atoms with Gasteiger partial charge in [0.15, 0.2) is 0 Å². The second-order valence-electron chi connectivity index (χ2n) is 5.60. The third-order valence-corrected chi connectivity index (χ3v) is 4.15. The Kier molecular flexibility index (Phi) is 3.77. The lowest BCUT2D eigenvalue weighted by Gasteiger charge is -2.24. The van der Waals surface area contributed by atoms with E-state index in [1.165, 1.54) is 17.5 Å². The van der Waals surface area contributed by atoms with E-state index in [0.29, 0.717) is 5.52 Å². The summed E-state index contributed by atoms with van der Waals surface area (Å²) in [5, 5.41) is 4.14. The van der Waals surface area contributed by atoms with E-state index in [1.807, 2.05) is 4.90 Å². The maximum atomic E-state index is 12.6. The Morgan fingerprint density at radius 2 is 1.95 bits per heavy atom. The van der Waals surface area contributed by atoms with Gasteiger partial charge in [0.1, 0.15) is 17.9 Å². The van der Waals surface area contributed by atoms with E-state index >= 15 is 0 Å². The molecule has 3 heterocycles. The molecule has 6 nitrogen and oxygen atoms in total. The van der Waals surface area contributed by atoms with Crippen LogP contribution in [0.4, 0.5) is 0 Å². The minimum Gasteiger partial charge on any atom is -0.341 e. The minimum atomic E-state index is -0.560. The standard InChI is InChI=1S/C15H20N4O2/c1-12(14(20)17-8-4-2-3-5-9-17)19-15(21)13-7-6-10-18(13)11-16-19/h6-7,10-12H,2-5,8-9H2,1H3. The molecule has 1 aliphatic heterocycles. The normalized spacial score (nSPS) is 17.7. The Hall–Kier alpha value is -2.11. The van der Waals surface area contributed by atoms with Crippen LogP contribution in [0.5, 0.6) is 0 Å². The first-order valence-electron chi connectivity index (χ1n) is 7.52. The fourth-order valence-electron chi connectivity index (χ4n) is 2.89. The Morgan fingerprint density at radius 1 is 1.24 bits per heavy atom. The van der Waals surface area contributed by atoms with Crippen molar-refractivity contribution in [3.8, 4) is 0 Å². The van der Waals surface area contributed by atoms with E-state index in [9.17, 15) is 9.59 Å². The van der Waals surface area contributed by atoms with Crippen molar-refractivity contribution < 1.29 is 4.79 Å². The van der Waals surface area contributed by atoms with E-state index in [-0.39, 0.29) is 11.5 Å². The van der Waals surface area contributed by atoms with Crippen molar-refractivity contribution in [2.75, 3.05) is 13.1 Å². The molecule has 2 aromatic heterocycles. The second kappa shape index (κ2) is 5.71. The van der Waals surface area contributed by atoms with Gasteiger partial charge in [-0.05, 0) is 31.9 Å². The lowest BCUT2D eigenvalue weighted by atomic mass is 10.2. The summed E-state index contributed by atoms with van der Waals surface area (Å²) in [7, 11) is 0. The number of carbonyl (C=O) groups is 1. The van der Waals surface area contributed by atoms with Crippen LogP contribution in [-0.4, -0.2) is 38.1 Å². The Morgan fingerprint density at radius 3 is 2.67 bits per heavy atom.